The van der Waals surface area contributed by atoms with Gasteiger partial charge in [0.05, 0.1) is 0 Å². The first-order valence-electron chi connectivity index (χ1n) is 7.78. The third-order valence-corrected chi connectivity index (χ3v) is 3.39. The summed E-state index contributed by atoms with van der Waals surface area (Å²) in [7, 11) is 2.14. The van der Waals surface area contributed by atoms with Gasteiger partial charge >= 0.3 is 0 Å². The third kappa shape index (κ3) is 6.30. The number of nitrogens with zero attached hydrogens (tertiary/aromatic N) is 1. The Morgan fingerprint density at radius 3 is 2.48 bits per heavy atom. The summed E-state index contributed by atoms with van der Waals surface area (Å²) in [6.45, 7) is 8.22. The SMILES string of the molecule is C.CN(C/C=C\C#CC(C)(C)C)Cc1cccc2ccccc12. The number of hydrogen-bond donors (Lipinski definition) is 0. The Bertz CT molecular complexity index is 703. The van der Waals surface area contributed by atoms with E-state index in [-0.39, 0.29) is 12.8 Å². The molecule has 1 nitrogen and oxygen atoms in total. The molecule has 0 fully saturated rings. The lowest BCUT2D eigenvalue weighted by Crippen LogP contribution is -2.17. The molecule has 0 spiro atoms. The lowest BCUT2D eigenvalue weighted by molar-refractivity contribution is 0.365. The van der Waals surface area contributed by atoms with Crippen LogP contribution in [0, 0.1) is 17.3 Å². The van der Waals surface area contributed by atoms with Crippen molar-refractivity contribution in [1.29, 1.82) is 0 Å². The third-order valence-electron chi connectivity index (χ3n) is 3.39. The van der Waals surface area contributed by atoms with E-state index < -0.39 is 0 Å². The van der Waals surface area contributed by atoms with Gasteiger partial charge in [0.2, 0.25) is 0 Å². The summed E-state index contributed by atoms with van der Waals surface area (Å²) in [6.07, 6.45) is 4.09. The molecule has 0 radical (unpaired) electrons. The molecule has 23 heavy (non-hydrogen) atoms. The van der Waals surface area contributed by atoms with Crippen molar-refractivity contribution < 1.29 is 0 Å². The van der Waals surface area contributed by atoms with Crippen molar-refractivity contribution in [3.05, 3.63) is 60.2 Å². The van der Waals surface area contributed by atoms with Gasteiger partial charge < -0.3 is 0 Å². The van der Waals surface area contributed by atoms with Crippen LogP contribution in [0.4, 0.5) is 0 Å². The van der Waals surface area contributed by atoms with Gasteiger partial charge in [0, 0.05) is 18.5 Å². The van der Waals surface area contributed by atoms with Crippen LogP contribution in [-0.2, 0) is 6.54 Å². The standard InChI is InChI=1S/C21H25N.CH4/c1-21(2,3)15-8-5-9-16-22(4)17-19-13-10-12-18-11-6-7-14-20(18)19;/h5-7,9-14H,16-17H2,1-4H3;1H4/b9-5-;. The van der Waals surface area contributed by atoms with Gasteiger partial charge in [-0.15, -0.1) is 0 Å². The molecule has 2 rings (SSSR count). The minimum absolute atomic E-state index is 0. The Labute approximate surface area is 142 Å². The minimum atomic E-state index is 0. The van der Waals surface area contributed by atoms with Crippen LogP contribution in [0.3, 0.4) is 0 Å². The Balaban J connectivity index is 0.00000264. The van der Waals surface area contributed by atoms with Crippen LogP contribution in [-0.4, -0.2) is 18.5 Å². The normalized spacial score (nSPS) is 11.3. The summed E-state index contributed by atoms with van der Waals surface area (Å²) in [5.41, 5.74) is 1.44. The summed E-state index contributed by atoms with van der Waals surface area (Å²) in [6, 6.07) is 15.1. The van der Waals surface area contributed by atoms with Crippen LogP contribution in [0.5, 0.6) is 0 Å². The largest absolute Gasteiger partial charge is 0.298 e. The Hall–Kier alpha value is -2.04. The van der Waals surface area contributed by atoms with Crippen LogP contribution < -0.4 is 0 Å². The van der Waals surface area contributed by atoms with Gasteiger partial charge in [-0.05, 0) is 50.2 Å². The van der Waals surface area contributed by atoms with Gasteiger partial charge in [0.1, 0.15) is 0 Å². The predicted molar refractivity (Wildman–Crippen MR) is 103 cm³/mol. The molecule has 0 saturated carbocycles. The molecule has 2 aromatic rings. The molecule has 0 aliphatic carbocycles. The molecule has 0 amide bonds. The van der Waals surface area contributed by atoms with Crippen LogP contribution >= 0.6 is 0 Å². The van der Waals surface area contributed by atoms with Crippen molar-refractivity contribution in [3.63, 3.8) is 0 Å². The lowest BCUT2D eigenvalue weighted by Gasteiger charge is -2.15. The van der Waals surface area contributed by atoms with Gasteiger partial charge in [-0.25, -0.2) is 0 Å². The molecule has 2 aromatic carbocycles. The molecule has 1 heteroatoms. The summed E-state index contributed by atoms with van der Waals surface area (Å²) in [5.74, 6) is 6.33. The van der Waals surface area contributed by atoms with Gasteiger partial charge in [0.15, 0.2) is 0 Å². The first-order valence-corrected chi connectivity index (χ1v) is 7.78. The lowest BCUT2D eigenvalue weighted by atomic mass is 9.98. The predicted octanol–water partition coefficient (Wildman–Crippen LogP) is 5.51. The van der Waals surface area contributed by atoms with Crippen molar-refractivity contribution in [1.82, 2.24) is 4.90 Å². The summed E-state index contributed by atoms with van der Waals surface area (Å²) >= 11 is 0. The number of benzene rings is 2. The summed E-state index contributed by atoms with van der Waals surface area (Å²) in [4.78, 5) is 2.30. The van der Waals surface area contributed by atoms with E-state index in [2.05, 4.69) is 93.1 Å². The van der Waals surface area contributed by atoms with Gasteiger partial charge in [-0.2, -0.15) is 0 Å². The molecule has 0 unspecified atom stereocenters. The van der Waals surface area contributed by atoms with Crippen LogP contribution in [0.25, 0.3) is 10.8 Å². The maximum Gasteiger partial charge on any atom is 0.0240 e. The van der Waals surface area contributed by atoms with E-state index in [0.29, 0.717) is 0 Å². The van der Waals surface area contributed by atoms with Crippen LogP contribution in [0.1, 0.15) is 33.8 Å². The number of fused-ring (bicyclic) bond motifs is 1. The van der Waals surface area contributed by atoms with Crippen molar-refractivity contribution >= 4 is 10.8 Å². The number of rotatable bonds is 4. The van der Waals surface area contributed by atoms with Crippen LogP contribution in [0.15, 0.2) is 54.6 Å². The smallest absolute Gasteiger partial charge is 0.0240 e. The number of allylic oxidation sites excluding steroid dienone is 1. The van der Waals surface area contributed by atoms with E-state index in [1.54, 1.807) is 0 Å². The first kappa shape index (κ1) is 19.0. The van der Waals surface area contributed by atoms with Gasteiger partial charge in [-0.1, -0.05) is 67.8 Å². The molecule has 0 heterocycles. The maximum absolute atomic E-state index is 3.21. The van der Waals surface area contributed by atoms with Gasteiger partial charge in [0.25, 0.3) is 0 Å². The molecule has 0 aliphatic rings. The first-order chi connectivity index (χ1) is 10.5. The Kier molecular flexibility index (Phi) is 7.07. The molecular weight excluding hydrogens is 278 g/mol. The zero-order chi connectivity index (χ0) is 16.0. The topological polar surface area (TPSA) is 3.24 Å². The molecule has 0 aliphatic heterocycles. The van der Waals surface area contributed by atoms with E-state index >= 15 is 0 Å². The van der Waals surface area contributed by atoms with Crippen molar-refractivity contribution in [2.45, 2.75) is 34.7 Å². The second-order valence-corrected chi connectivity index (χ2v) is 6.76. The van der Waals surface area contributed by atoms with E-state index in [4.69, 9.17) is 0 Å². The van der Waals surface area contributed by atoms with E-state index in [0.717, 1.165) is 13.1 Å². The average Bonchev–Trinajstić information content (AvgIpc) is 2.46. The highest BCUT2D eigenvalue weighted by Crippen LogP contribution is 2.19. The number of likely N-dealkylation sites (N-methyl/N-ethyl adjacent to an activating group) is 1. The van der Waals surface area contributed by atoms with Crippen molar-refractivity contribution in [3.8, 4) is 11.8 Å². The summed E-state index contributed by atoms with van der Waals surface area (Å²) in [5, 5.41) is 2.65. The fourth-order valence-corrected chi connectivity index (χ4v) is 2.34. The zero-order valence-electron chi connectivity index (χ0n) is 14.1. The molecule has 0 N–H and O–H groups in total. The minimum Gasteiger partial charge on any atom is -0.298 e. The van der Waals surface area contributed by atoms with Crippen molar-refractivity contribution in [2.75, 3.05) is 13.6 Å². The molecule has 0 aromatic heterocycles. The fraction of sp³-hybridized carbons (Fsp3) is 0.364. The van der Waals surface area contributed by atoms with Crippen LogP contribution in [0.2, 0.25) is 0 Å². The molecule has 0 atom stereocenters. The second-order valence-electron chi connectivity index (χ2n) is 6.76. The monoisotopic (exact) mass is 307 g/mol. The van der Waals surface area contributed by atoms with Crippen molar-refractivity contribution in [2.24, 2.45) is 5.41 Å². The zero-order valence-corrected chi connectivity index (χ0v) is 14.1. The Morgan fingerprint density at radius 2 is 1.74 bits per heavy atom. The van der Waals surface area contributed by atoms with E-state index in [1.807, 2.05) is 6.08 Å². The highest BCUT2D eigenvalue weighted by molar-refractivity contribution is 5.85. The maximum atomic E-state index is 3.21. The van der Waals surface area contributed by atoms with E-state index in [1.165, 1.54) is 16.3 Å². The molecule has 122 valence electrons. The summed E-state index contributed by atoms with van der Waals surface area (Å²) < 4.78 is 0. The Morgan fingerprint density at radius 1 is 1.04 bits per heavy atom. The molecule has 0 bridgehead atoms. The average molecular weight is 307 g/mol. The molecular formula is C22H29N. The highest BCUT2D eigenvalue weighted by Gasteiger charge is 2.03. The molecule has 0 saturated heterocycles. The number of hydrogen-bond acceptors (Lipinski definition) is 1. The second kappa shape index (κ2) is 8.56. The van der Waals surface area contributed by atoms with E-state index in [9.17, 15) is 0 Å². The highest BCUT2D eigenvalue weighted by atomic mass is 15.1. The fourth-order valence-electron chi connectivity index (χ4n) is 2.34. The van der Waals surface area contributed by atoms with Gasteiger partial charge in [-0.3, -0.25) is 4.90 Å². The quantitative estimate of drug-likeness (QED) is 0.673.